The number of esters is 1. The molecule has 0 radical (unpaired) electrons. The second kappa shape index (κ2) is 3.79. The second-order valence-corrected chi connectivity index (χ2v) is 3.27. The van der Waals surface area contributed by atoms with E-state index in [1.54, 1.807) is 0 Å². The van der Waals surface area contributed by atoms with Crippen LogP contribution in [0.25, 0.3) is 0 Å². The van der Waals surface area contributed by atoms with Gasteiger partial charge in [0.2, 0.25) is 5.89 Å². The summed E-state index contributed by atoms with van der Waals surface area (Å²) in [6.07, 6.45) is 3.74. The van der Waals surface area contributed by atoms with Crippen LogP contribution in [0.5, 0.6) is 0 Å². The molecule has 0 aliphatic heterocycles. The van der Waals surface area contributed by atoms with E-state index < -0.39 is 5.97 Å². The van der Waals surface area contributed by atoms with Crippen LogP contribution in [0.3, 0.4) is 0 Å². The standard InChI is InChI=1S/C9H12N2O3/c1-13-9(12)7-5-14-8(11-7)4-10-6-2-3-6/h5-6,10H,2-4H2,1H3. The van der Waals surface area contributed by atoms with Crippen LogP contribution in [-0.4, -0.2) is 24.1 Å². The quantitative estimate of drug-likeness (QED) is 0.718. The van der Waals surface area contributed by atoms with Gasteiger partial charge in [-0.05, 0) is 12.8 Å². The number of aromatic nitrogens is 1. The van der Waals surface area contributed by atoms with E-state index in [1.165, 1.54) is 26.2 Å². The Morgan fingerprint density at radius 3 is 3.21 bits per heavy atom. The fourth-order valence-electron chi connectivity index (χ4n) is 1.11. The van der Waals surface area contributed by atoms with Gasteiger partial charge in [0, 0.05) is 6.04 Å². The highest BCUT2D eigenvalue weighted by atomic mass is 16.5. The Bertz CT molecular complexity index is 331. The molecule has 1 aromatic rings. The van der Waals surface area contributed by atoms with E-state index in [-0.39, 0.29) is 5.69 Å². The van der Waals surface area contributed by atoms with Gasteiger partial charge in [-0.2, -0.15) is 0 Å². The van der Waals surface area contributed by atoms with Crippen molar-refractivity contribution in [2.45, 2.75) is 25.4 Å². The van der Waals surface area contributed by atoms with E-state index >= 15 is 0 Å². The molecule has 2 rings (SSSR count). The molecule has 0 aromatic carbocycles. The van der Waals surface area contributed by atoms with Crippen molar-refractivity contribution in [2.75, 3.05) is 7.11 Å². The van der Waals surface area contributed by atoms with E-state index in [9.17, 15) is 4.79 Å². The molecule has 76 valence electrons. The molecule has 5 nitrogen and oxygen atoms in total. The van der Waals surface area contributed by atoms with Crippen LogP contribution in [-0.2, 0) is 11.3 Å². The first-order valence-electron chi connectivity index (χ1n) is 4.55. The summed E-state index contributed by atoms with van der Waals surface area (Å²) in [6.45, 7) is 0.571. The Morgan fingerprint density at radius 2 is 2.57 bits per heavy atom. The van der Waals surface area contributed by atoms with Crippen molar-refractivity contribution < 1.29 is 13.9 Å². The largest absolute Gasteiger partial charge is 0.464 e. The highest BCUT2D eigenvalue weighted by Gasteiger charge is 2.21. The van der Waals surface area contributed by atoms with Crippen molar-refractivity contribution >= 4 is 5.97 Å². The van der Waals surface area contributed by atoms with Gasteiger partial charge in [-0.25, -0.2) is 9.78 Å². The molecule has 1 N–H and O–H groups in total. The fraction of sp³-hybridized carbons (Fsp3) is 0.556. The van der Waals surface area contributed by atoms with Crippen LogP contribution in [0.15, 0.2) is 10.7 Å². The molecule has 1 saturated carbocycles. The molecular weight excluding hydrogens is 184 g/mol. The van der Waals surface area contributed by atoms with Crippen LogP contribution in [0.1, 0.15) is 29.2 Å². The summed E-state index contributed by atoms with van der Waals surface area (Å²) in [5.41, 5.74) is 0.222. The number of hydrogen-bond acceptors (Lipinski definition) is 5. The van der Waals surface area contributed by atoms with Crippen LogP contribution < -0.4 is 5.32 Å². The Morgan fingerprint density at radius 1 is 1.79 bits per heavy atom. The number of rotatable bonds is 4. The molecule has 0 amide bonds. The van der Waals surface area contributed by atoms with Gasteiger partial charge < -0.3 is 14.5 Å². The van der Waals surface area contributed by atoms with E-state index in [4.69, 9.17) is 4.42 Å². The van der Waals surface area contributed by atoms with Crippen molar-refractivity contribution in [3.63, 3.8) is 0 Å². The van der Waals surface area contributed by atoms with Crippen molar-refractivity contribution in [1.29, 1.82) is 0 Å². The van der Waals surface area contributed by atoms with Crippen molar-refractivity contribution in [3.05, 3.63) is 17.8 Å². The van der Waals surface area contributed by atoms with Crippen molar-refractivity contribution in [3.8, 4) is 0 Å². The lowest BCUT2D eigenvalue weighted by Gasteiger charge is -1.95. The average Bonchev–Trinajstić information content (AvgIpc) is 2.92. The zero-order valence-electron chi connectivity index (χ0n) is 7.95. The van der Waals surface area contributed by atoms with Gasteiger partial charge in [-0.3, -0.25) is 0 Å². The zero-order valence-corrected chi connectivity index (χ0v) is 7.95. The van der Waals surface area contributed by atoms with Gasteiger partial charge in [-0.15, -0.1) is 0 Å². The minimum absolute atomic E-state index is 0.222. The number of carbonyl (C=O) groups excluding carboxylic acids is 1. The summed E-state index contributed by atoms with van der Waals surface area (Å²) in [5.74, 6) is 0.0590. The number of hydrogen-bond donors (Lipinski definition) is 1. The van der Waals surface area contributed by atoms with Gasteiger partial charge in [0.15, 0.2) is 5.69 Å². The van der Waals surface area contributed by atoms with E-state index in [1.807, 2.05) is 0 Å². The van der Waals surface area contributed by atoms with E-state index in [0.717, 1.165) is 0 Å². The SMILES string of the molecule is COC(=O)c1coc(CNC2CC2)n1. The Hall–Kier alpha value is -1.36. The lowest BCUT2D eigenvalue weighted by Crippen LogP contribution is -2.15. The van der Waals surface area contributed by atoms with Crippen LogP contribution >= 0.6 is 0 Å². The molecule has 1 aliphatic rings. The smallest absolute Gasteiger partial charge is 0.360 e. The molecule has 0 unspecified atom stereocenters. The third-order valence-corrected chi connectivity index (χ3v) is 2.07. The van der Waals surface area contributed by atoms with Crippen LogP contribution in [0.2, 0.25) is 0 Å². The molecule has 1 fully saturated rings. The monoisotopic (exact) mass is 196 g/mol. The Labute approximate surface area is 81.5 Å². The molecule has 0 spiro atoms. The zero-order chi connectivity index (χ0) is 9.97. The van der Waals surface area contributed by atoms with E-state index in [0.29, 0.717) is 18.5 Å². The first-order valence-corrected chi connectivity index (χ1v) is 4.55. The maximum absolute atomic E-state index is 11.0. The molecule has 0 bridgehead atoms. The Balaban J connectivity index is 1.91. The van der Waals surface area contributed by atoms with Gasteiger partial charge in [0.05, 0.1) is 13.7 Å². The molecule has 14 heavy (non-hydrogen) atoms. The summed E-state index contributed by atoms with van der Waals surface area (Å²) >= 11 is 0. The number of methoxy groups -OCH3 is 1. The number of ether oxygens (including phenoxy) is 1. The summed E-state index contributed by atoms with van der Waals surface area (Å²) < 4.78 is 9.60. The summed E-state index contributed by atoms with van der Waals surface area (Å²) in [5, 5.41) is 3.23. The Kier molecular flexibility index (Phi) is 2.49. The molecular formula is C9H12N2O3. The summed E-state index contributed by atoms with van der Waals surface area (Å²) in [7, 11) is 1.32. The number of nitrogens with zero attached hydrogens (tertiary/aromatic N) is 1. The number of oxazole rings is 1. The van der Waals surface area contributed by atoms with Crippen molar-refractivity contribution in [1.82, 2.24) is 10.3 Å². The lowest BCUT2D eigenvalue weighted by molar-refractivity contribution is 0.0594. The predicted octanol–water partition coefficient (Wildman–Crippen LogP) is 0.713. The fourth-order valence-corrected chi connectivity index (χ4v) is 1.11. The lowest BCUT2D eigenvalue weighted by atomic mass is 10.5. The highest BCUT2D eigenvalue weighted by molar-refractivity contribution is 5.86. The third-order valence-electron chi connectivity index (χ3n) is 2.07. The molecule has 5 heteroatoms. The molecule has 0 atom stereocenters. The third kappa shape index (κ3) is 2.11. The maximum atomic E-state index is 11.0. The molecule has 1 heterocycles. The number of nitrogens with one attached hydrogen (secondary N) is 1. The molecule has 1 aliphatic carbocycles. The maximum Gasteiger partial charge on any atom is 0.360 e. The second-order valence-electron chi connectivity index (χ2n) is 3.27. The average molecular weight is 196 g/mol. The van der Waals surface area contributed by atoms with E-state index in [2.05, 4.69) is 15.0 Å². The summed E-state index contributed by atoms with van der Waals surface area (Å²) in [4.78, 5) is 15.0. The number of carbonyl (C=O) groups is 1. The van der Waals surface area contributed by atoms with Crippen LogP contribution in [0, 0.1) is 0 Å². The normalized spacial score (nSPS) is 15.5. The molecule has 0 saturated heterocycles. The first-order chi connectivity index (χ1) is 6.79. The molecule has 1 aromatic heterocycles. The van der Waals surface area contributed by atoms with Gasteiger partial charge in [-0.1, -0.05) is 0 Å². The predicted molar refractivity (Wildman–Crippen MR) is 47.7 cm³/mol. The van der Waals surface area contributed by atoms with Gasteiger partial charge >= 0.3 is 5.97 Å². The van der Waals surface area contributed by atoms with Gasteiger partial charge in [0.25, 0.3) is 0 Å². The topological polar surface area (TPSA) is 64.4 Å². The highest BCUT2D eigenvalue weighted by Crippen LogP contribution is 2.19. The van der Waals surface area contributed by atoms with Gasteiger partial charge in [0.1, 0.15) is 6.26 Å². The van der Waals surface area contributed by atoms with Crippen molar-refractivity contribution in [2.24, 2.45) is 0 Å². The minimum Gasteiger partial charge on any atom is -0.464 e. The van der Waals surface area contributed by atoms with Crippen LogP contribution in [0.4, 0.5) is 0 Å². The minimum atomic E-state index is -0.466. The first kappa shape index (κ1) is 9.21. The summed E-state index contributed by atoms with van der Waals surface area (Å²) in [6, 6.07) is 0.600.